The van der Waals surface area contributed by atoms with Gasteiger partial charge in [-0.3, -0.25) is 4.90 Å². The minimum absolute atomic E-state index is 0.762. The van der Waals surface area contributed by atoms with Crippen LogP contribution in [0.4, 0.5) is 0 Å². The standard InChI is InChI=1S/C14H20N2.C2H6/c1-2-5-12(6-3-1)9-16-10-13-7-4-8-15-14(13)11-16;1-2/h1-3,5-6,13-15H,4,7-11H2;1-2H3/t13-,14+;/m1./s1. The van der Waals surface area contributed by atoms with Crippen LogP contribution in [-0.4, -0.2) is 30.6 Å². The summed E-state index contributed by atoms with van der Waals surface area (Å²) in [5.74, 6) is 0.900. The van der Waals surface area contributed by atoms with Gasteiger partial charge in [-0.25, -0.2) is 0 Å². The molecule has 0 amide bonds. The molecule has 18 heavy (non-hydrogen) atoms. The Morgan fingerprint density at radius 3 is 2.67 bits per heavy atom. The van der Waals surface area contributed by atoms with Crippen LogP contribution in [-0.2, 0) is 6.54 Å². The first kappa shape index (κ1) is 13.6. The molecule has 2 nitrogen and oxygen atoms in total. The van der Waals surface area contributed by atoms with Crippen LogP contribution in [0.2, 0.25) is 0 Å². The van der Waals surface area contributed by atoms with Crippen molar-refractivity contribution in [3.63, 3.8) is 0 Å². The van der Waals surface area contributed by atoms with Crippen molar-refractivity contribution < 1.29 is 0 Å². The molecule has 0 radical (unpaired) electrons. The maximum atomic E-state index is 3.66. The third-order valence-electron chi connectivity index (χ3n) is 3.92. The zero-order valence-corrected chi connectivity index (χ0v) is 11.7. The fourth-order valence-electron chi connectivity index (χ4n) is 3.11. The largest absolute Gasteiger partial charge is 0.312 e. The monoisotopic (exact) mass is 246 g/mol. The van der Waals surface area contributed by atoms with E-state index in [2.05, 4.69) is 40.5 Å². The van der Waals surface area contributed by atoms with Gasteiger partial charge in [0, 0.05) is 25.7 Å². The Bertz CT molecular complexity index is 322. The second-order valence-electron chi connectivity index (χ2n) is 5.14. The van der Waals surface area contributed by atoms with Crippen molar-refractivity contribution in [2.75, 3.05) is 19.6 Å². The van der Waals surface area contributed by atoms with Crippen LogP contribution in [0.15, 0.2) is 30.3 Å². The zero-order chi connectivity index (χ0) is 12.8. The lowest BCUT2D eigenvalue weighted by Gasteiger charge is -2.24. The van der Waals surface area contributed by atoms with Gasteiger partial charge in [0.25, 0.3) is 0 Å². The average Bonchev–Trinajstić information content (AvgIpc) is 2.84. The number of hydrogen-bond acceptors (Lipinski definition) is 2. The highest BCUT2D eigenvalue weighted by atomic mass is 15.2. The summed E-state index contributed by atoms with van der Waals surface area (Å²) in [4.78, 5) is 2.60. The summed E-state index contributed by atoms with van der Waals surface area (Å²) in [6.07, 6.45) is 2.78. The minimum Gasteiger partial charge on any atom is -0.312 e. The Labute approximate surface area is 111 Å². The SMILES string of the molecule is CC.c1ccc(CN2C[C@H]3CCCN[C@H]3C2)cc1. The fraction of sp³-hybridized carbons (Fsp3) is 0.625. The zero-order valence-electron chi connectivity index (χ0n) is 11.7. The lowest BCUT2D eigenvalue weighted by molar-refractivity contribution is 0.312. The number of piperidine rings is 1. The van der Waals surface area contributed by atoms with Crippen LogP contribution in [0.1, 0.15) is 32.3 Å². The number of benzene rings is 1. The normalized spacial score (nSPS) is 27.2. The van der Waals surface area contributed by atoms with Gasteiger partial charge in [-0.05, 0) is 30.9 Å². The van der Waals surface area contributed by atoms with Crippen molar-refractivity contribution in [3.05, 3.63) is 35.9 Å². The van der Waals surface area contributed by atoms with E-state index in [0.717, 1.165) is 18.5 Å². The molecule has 2 aliphatic heterocycles. The van der Waals surface area contributed by atoms with E-state index < -0.39 is 0 Å². The first-order valence-electron chi connectivity index (χ1n) is 7.41. The summed E-state index contributed by atoms with van der Waals surface area (Å²) in [5.41, 5.74) is 1.45. The summed E-state index contributed by atoms with van der Waals surface area (Å²) >= 11 is 0. The maximum Gasteiger partial charge on any atom is 0.0235 e. The summed E-state index contributed by atoms with van der Waals surface area (Å²) in [7, 11) is 0. The fourth-order valence-corrected chi connectivity index (χ4v) is 3.11. The van der Waals surface area contributed by atoms with Gasteiger partial charge < -0.3 is 5.32 Å². The van der Waals surface area contributed by atoms with Gasteiger partial charge in [0.05, 0.1) is 0 Å². The van der Waals surface area contributed by atoms with E-state index in [-0.39, 0.29) is 0 Å². The molecule has 0 aromatic heterocycles. The van der Waals surface area contributed by atoms with Crippen molar-refractivity contribution >= 4 is 0 Å². The average molecular weight is 246 g/mol. The summed E-state index contributed by atoms with van der Waals surface area (Å²) in [6, 6.07) is 11.6. The van der Waals surface area contributed by atoms with Gasteiger partial charge in [0.15, 0.2) is 0 Å². The number of likely N-dealkylation sites (tertiary alicyclic amines) is 1. The Balaban J connectivity index is 0.000000574. The Morgan fingerprint density at radius 1 is 1.17 bits per heavy atom. The Hall–Kier alpha value is -0.860. The molecule has 0 unspecified atom stereocenters. The molecule has 2 heteroatoms. The highest BCUT2D eigenvalue weighted by Crippen LogP contribution is 2.25. The number of fused-ring (bicyclic) bond motifs is 1. The van der Waals surface area contributed by atoms with Crippen molar-refractivity contribution in [2.45, 2.75) is 39.3 Å². The molecule has 0 aliphatic carbocycles. The van der Waals surface area contributed by atoms with Gasteiger partial charge >= 0.3 is 0 Å². The van der Waals surface area contributed by atoms with Crippen molar-refractivity contribution in [3.8, 4) is 0 Å². The molecule has 1 aromatic carbocycles. The van der Waals surface area contributed by atoms with Gasteiger partial charge in [-0.1, -0.05) is 44.2 Å². The number of nitrogens with zero attached hydrogens (tertiary/aromatic N) is 1. The molecule has 2 aliphatic rings. The molecule has 1 N–H and O–H groups in total. The molecule has 0 bridgehead atoms. The molecule has 2 fully saturated rings. The van der Waals surface area contributed by atoms with Crippen molar-refractivity contribution in [1.29, 1.82) is 0 Å². The van der Waals surface area contributed by atoms with Crippen LogP contribution in [0, 0.1) is 5.92 Å². The molecular weight excluding hydrogens is 220 g/mol. The minimum atomic E-state index is 0.762. The predicted octanol–water partition coefficient (Wildman–Crippen LogP) is 2.90. The number of nitrogens with one attached hydrogen (secondary N) is 1. The molecule has 2 heterocycles. The third kappa shape index (κ3) is 3.33. The van der Waals surface area contributed by atoms with E-state index in [0.29, 0.717) is 0 Å². The van der Waals surface area contributed by atoms with E-state index in [4.69, 9.17) is 0 Å². The molecular formula is C16H26N2. The molecule has 0 saturated carbocycles. The molecule has 3 rings (SSSR count). The molecule has 2 saturated heterocycles. The lowest BCUT2D eigenvalue weighted by Crippen LogP contribution is -2.40. The molecule has 2 atom stereocenters. The third-order valence-corrected chi connectivity index (χ3v) is 3.92. The Morgan fingerprint density at radius 2 is 1.94 bits per heavy atom. The first-order valence-corrected chi connectivity index (χ1v) is 7.41. The van der Waals surface area contributed by atoms with E-state index in [9.17, 15) is 0 Å². The van der Waals surface area contributed by atoms with E-state index >= 15 is 0 Å². The second kappa shape index (κ2) is 6.91. The van der Waals surface area contributed by atoms with Crippen LogP contribution in [0.5, 0.6) is 0 Å². The topological polar surface area (TPSA) is 15.3 Å². The van der Waals surface area contributed by atoms with Crippen LogP contribution in [0.3, 0.4) is 0 Å². The summed E-state index contributed by atoms with van der Waals surface area (Å²) in [5, 5.41) is 3.66. The summed E-state index contributed by atoms with van der Waals surface area (Å²) in [6.45, 7) is 8.86. The van der Waals surface area contributed by atoms with E-state index in [1.54, 1.807) is 0 Å². The van der Waals surface area contributed by atoms with Crippen LogP contribution < -0.4 is 5.32 Å². The van der Waals surface area contributed by atoms with Gasteiger partial charge in [0.2, 0.25) is 0 Å². The second-order valence-corrected chi connectivity index (χ2v) is 5.14. The highest BCUT2D eigenvalue weighted by Gasteiger charge is 2.33. The van der Waals surface area contributed by atoms with Crippen LogP contribution >= 0.6 is 0 Å². The molecule has 0 spiro atoms. The summed E-state index contributed by atoms with van der Waals surface area (Å²) < 4.78 is 0. The maximum absolute atomic E-state index is 3.66. The first-order chi connectivity index (χ1) is 8.92. The van der Waals surface area contributed by atoms with Gasteiger partial charge in [-0.15, -0.1) is 0 Å². The number of hydrogen-bond donors (Lipinski definition) is 1. The van der Waals surface area contributed by atoms with E-state index in [1.165, 1.54) is 38.0 Å². The van der Waals surface area contributed by atoms with E-state index in [1.807, 2.05) is 13.8 Å². The smallest absolute Gasteiger partial charge is 0.0235 e. The van der Waals surface area contributed by atoms with Crippen molar-refractivity contribution in [1.82, 2.24) is 10.2 Å². The quantitative estimate of drug-likeness (QED) is 0.863. The molecule has 100 valence electrons. The van der Waals surface area contributed by atoms with Gasteiger partial charge in [-0.2, -0.15) is 0 Å². The molecule has 1 aromatic rings. The Kier molecular flexibility index (Phi) is 5.21. The lowest BCUT2D eigenvalue weighted by atomic mass is 9.94. The van der Waals surface area contributed by atoms with Crippen LogP contribution in [0.25, 0.3) is 0 Å². The van der Waals surface area contributed by atoms with Crippen molar-refractivity contribution in [2.24, 2.45) is 5.92 Å². The predicted molar refractivity (Wildman–Crippen MR) is 77.6 cm³/mol. The number of rotatable bonds is 2. The highest BCUT2D eigenvalue weighted by molar-refractivity contribution is 5.15. The van der Waals surface area contributed by atoms with Gasteiger partial charge in [0.1, 0.15) is 0 Å².